The maximum absolute atomic E-state index is 13.3. The molecular formula is C12H13FO. The summed E-state index contributed by atoms with van der Waals surface area (Å²) in [5, 5.41) is 0. The van der Waals surface area contributed by atoms with Gasteiger partial charge in [-0.05, 0) is 30.9 Å². The van der Waals surface area contributed by atoms with Gasteiger partial charge in [0.15, 0.2) is 5.78 Å². The first-order valence-corrected chi connectivity index (χ1v) is 5.05. The zero-order valence-electron chi connectivity index (χ0n) is 8.22. The molecule has 1 saturated carbocycles. The second kappa shape index (κ2) is 3.52. The van der Waals surface area contributed by atoms with Gasteiger partial charge in [0.05, 0.1) is 0 Å². The number of aryl methyl sites for hydroxylation is 1. The molecular weight excluding hydrogens is 179 g/mol. The van der Waals surface area contributed by atoms with Crippen LogP contribution < -0.4 is 0 Å². The predicted molar refractivity (Wildman–Crippen MR) is 52.8 cm³/mol. The molecule has 0 aromatic heterocycles. The van der Waals surface area contributed by atoms with E-state index in [4.69, 9.17) is 0 Å². The summed E-state index contributed by atoms with van der Waals surface area (Å²) in [6.45, 7) is 1.90. The molecule has 1 aromatic carbocycles. The van der Waals surface area contributed by atoms with Crippen molar-refractivity contribution >= 4 is 5.78 Å². The van der Waals surface area contributed by atoms with Gasteiger partial charge in [0.25, 0.3) is 0 Å². The second-order valence-electron chi connectivity index (χ2n) is 3.80. The van der Waals surface area contributed by atoms with Crippen molar-refractivity contribution in [2.24, 2.45) is 5.92 Å². The van der Waals surface area contributed by atoms with Crippen molar-refractivity contribution in [3.63, 3.8) is 0 Å². The van der Waals surface area contributed by atoms with E-state index in [1.165, 1.54) is 6.07 Å². The van der Waals surface area contributed by atoms with Crippen LogP contribution in [0.4, 0.5) is 4.39 Å². The molecule has 0 aliphatic heterocycles. The minimum atomic E-state index is -0.251. The zero-order valence-corrected chi connectivity index (χ0v) is 8.22. The molecule has 0 unspecified atom stereocenters. The number of rotatable bonds is 3. The van der Waals surface area contributed by atoms with Crippen LogP contribution in [0.5, 0.6) is 0 Å². The number of hydrogen-bond donors (Lipinski definition) is 0. The van der Waals surface area contributed by atoms with Gasteiger partial charge in [0.1, 0.15) is 5.82 Å². The lowest BCUT2D eigenvalue weighted by Gasteiger charge is -2.02. The Morgan fingerprint density at radius 2 is 2.21 bits per heavy atom. The largest absolute Gasteiger partial charge is 0.294 e. The highest BCUT2D eigenvalue weighted by Crippen LogP contribution is 2.32. The highest BCUT2D eigenvalue weighted by Gasteiger charge is 2.30. The van der Waals surface area contributed by atoms with Crippen molar-refractivity contribution in [2.75, 3.05) is 0 Å². The van der Waals surface area contributed by atoms with E-state index in [1.54, 1.807) is 12.1 Å². The number of benzene rings is 1. The number of hydrogen-bond acceptors (Lipinski definition) is 1. The van der Waals surface area contributed by atoms with Crippen LogP contribution >= 0.6 is 0 Å². The smallest absolute Gasteiger partial charge is 0.166 e. The minimum Gasteiger partial charge on any atom is -0.294 e. The van der Waals surface area contributed by atoms with Crippen LogP contribution in [0.25, 0.3) is 0 Å². The number of Topliss-reactive ketones (excluding diaryl/α,β-unsaturated/α-hetero) is 1. The zero-order chi connectivity index (χ0) is 10.1. The van der Waals surface area contributed by atoms with Crippen LogP contribution in [-0.2, 0) is 6.42 Å². The van der Waals surface area contributed by atoms with Gasteiger partial charge in [-0.3, -0.25) is 4.79 Å². The molecule has 1 aromatic rings. The number of ketones is 1. The Hall–Kier alpha value is -1.18. The first-order chi connectivity index (χ1) is 6.72. The van der Waals surface area contributed by atoms with Crippen molar-refractivity contribution < 1.29 is 9.18 Å². The van der Waals surface area contributed by atoms with Crippen LogP contribution in [0.1, 0.15) is 35.7 Å². The highest BCUT2D eigenvalue weighted by atomic mass is 19.1. The van der Waals surface area contributed by atoms with Gasteiger partial charge in [0, 0.05) is 11.5 Å². The SMILES string of the molecule is CCc1ccc(C(=O)C2CC2)cc1F. The molecule has 0 spiro atoms. The van der Waals surface area contributed by atoms with E-state index >= 15 is 0 Å². The summed E-state index contributed by atoms with van der Waals surface area (Å²) in [4.78, 5) is 11.6. The molecule has 0 N–H and O–H groups in total. The van der Waals surface area contributed by atoms with Crippen LogP contribution in [0.2, 0.25) is 0 Å². The molecule has 74 valence electrons. The monoisotopic (exact) mass is 192 g/mol. The van der Waals surface area contributed by atoms with Crippen LogP contribution in [-0.4, -0.2) is 5.78 Å². The summed E-state index contributed by atoms with van der Waals surface area (Å²) in [5.41, 5.74) is 1.21. The van der Waals surface area contributed by atoms with E-state index in [9.17, 15) is 9.18 Å². The first-order valence-electron chi connectivity index (χ1n) is 5.05. The van der Waals surface area contributed by atoms with Gasteiger partial charge < -0.3 is 0 Å². The minimum absolute atomic E-state index is 0.103. The van der Waals surface area contributed by atoms with Crippen LogP contribution in [0.15, 0.2) is 18.2 Å². The van der Waals surface area contributed by atoms with E-state index in [0.717, 1.165) is 12.8 Å². The quantitative estimate of drug-likeness (QED) is 0.673. The number of carbonyl (C=O) groups is 1. The van der Waals surface area contributed by atoms with Crippen molar-refractivity contribution in [3.05, 3.63) is 35.1 Å². The maximum atomic E-state index is 13.3. The van der Waals surface area contributed by atoms with Crippen molar-refractivity contribution in [1.29, 1.82) is 0 Å². The first kappa shape index (κ1) is 9.38. The molecule has 0 atom stereocenters. The van der Waals surface area contributed by atoms with Crippen molar-refractivity contribution in [3.8, 4) is 0 Å². The summed E-state index contributed by atoms with van der Waals surface area (Å²) >= 11 is 0. The average Bonchev–Trinajstić information content (AvgIpc) is 3.00. The number of carbonyl (C=O) groups excluding carboxylic acids is 1. The topological polar surface area (TPSA) is 17.1 Å². The lowest BCUT2D eigenvalue weighted by Crippen LogP contribution is -2.02. The Balaban J connectivity index is 2.27. The standard InChI is InChI=1S/C12H13FO/c1-2-8-3-6-10(7-11(8)13)12(14)9-4-5-9/h3,6-7,9H,2,4-5H2,1H3. The van der Waals surface area contributed by atoms with Crippen molar-refractivity contribution in [2.45, 2.75) is 26.2 Å². The molecule has 0 bridgehead atoms. The predicted octanol–water partition coefficient (Wildman–Crippen LogP) is 2.98. The Bertz CT molecular complexity index is 367. The van der Waals surface area contributed by atoms with Crippen LogP contribution in [0, 0.1) is 11.7 Å². The maximum Gasteiger partial charge on any atom is 0.166 e. The Morgan fingerprint density at radius 3 is 2.71 bits per heavy atom. The molecule has 1 aliphatic rings. The third kappa shape index (κ3) is 1.69. The fraction of sp³-hybridized carbons (Fsp3) is 0.417. The van der Waals surface area contributed by atoms with Crippen LogP contribution in [0.3, 0.4) is 0 Å². The summed E-state index contributed by atoms with van der Waals surface area (Å²) in [5.74, 6) is 0.0208. The molecule has 1 fully saturated rings. The van der Waals surface area contributed by atoms with Crippen molar-refractivity contribution in [1.82, 2.24) is 0 Å². The Labute approximate surface area is 82.9 Å². The fourth-order valence-electron chi connectivity index (χ4n) is 1.57. The normalized spacial score (nSPS) is 15.6. The van der Waals surface area contributed by atoms with Gasteiger partial charge in [-0.25, -0.2) is 4.39 Å². The summed E-state index contributed by atoms with van der Waals surface area (Å²) in [6.07, 6.45) is 2.61. The lowest BCUT2D eigenvalue weighted by molar-refractivity contribution is 0.0967. The van der Waals surface area contributed by atoms with Gasteiger partial charge in [-0.2, -0.15) is 0 Å². The summed E-state index contributed by atoms with van der Waals surface area (Å²) in [7, 11) is 0. The Kier molecular flexibility index (Phi) is 2.36. The molecule has 0 amide bonds. The van der Waals surface area contributed by atoms with E-state index < -0.39 is 0 Å². The van der Waals surface area contributed by atoms with E-state index in [1.807, 2.05) is 6.92 Å². The molecule has 2 heteroatoms. The third-order valence-corrected chi connectivity index (χ3v) is 2.67. The summed E-state index contributed by atoms with van der Waals surface area (Å²) in [6, 6.07) is 4.83. The van der Waals surface area contributed by atoms with Gasteiger partial charge >= 0.3 is 0 Å². The molecule has 1 nitrogen and oxygen atoms in total. The Morgan fingerprint density at radius 1 is 1.50 bits per heavy atom. The fourth-order valence-corrected chi connectivity index (χ4v) is 1.57. The van der Waals surface area contributed by atoms with Gasteiger partial charge in [-0.15, -0.1) is 0 Å². The lowest BCUT2D eigenvalue weighted by atomic mass is 10.0. The van der Waals surface area contributed by atoms with E-state index in [-0.39, 0.29) is 17.5 Å². The van der Waals surface area contributed by atoms with Gasteiger partial charge in [0.2, 0.25) is 0 Å². The number of halogens is 1. The molecule has 14 heavy (non-hydrogen) atoms. The summed E-state index contributed by atoms with van der Waals surface area (Å²) < 4.78 is 13.3. The molecule has 0 heterocycles. The average molecular weight is 192 g/mol. The van der Waals surface area contributed by atoms with E-state index in [2.05, 4.69) is 0 Å². The molecule has 1 aliphatic carbocycles. The van der Waals surface area contributed by atoms with Gasteiger partial charge in [-0.1, -0.05) is 19.1 Å². The molecule has 0 radical (unpaired) electrons. The molecule has 2 rings (SSSR count). The third-order valence-electron chi connectivity index (χ3n) is 2.67. The van der Waals surface area contributed by atoms with E-state index in [0.29, 0.717) is 17.5 Å². The highest BCUT2D eigenvalue weighted by molar-refractivity contribution is 5.99. The molecule has 0 saturated heterocycles. The second-order valence-corrected chi connectivity index (χ2v) is 3.80.